The van der Waals surface area contributed by atoms with Crippen LogP contribution in [0.1, 0.15) is 17.1 Å². The molecular formula is C13H15N5. The first-order valence-corrected chi connectivity index (χ1v) is 6.08. The number of aromatic nitrogens is 3. The SMILES string of the molecule is Cc1nc2c(c(Nc3ccccn3)n1)CNCC2. The number of rotatable bonds is 2. The van der Waals surface area contributed by atoms with E-state index < -0.39 is 0 Å². The zero-order valence-electron chi connectivity index (χ0n) is 10.3. The molecule has 0 unspecified atom stereocenters. The van der Waals surface area contributed by atoms with Crippen LogP contribution in [-0.2, 0) is 13.0 Å². The zero-order chi connectivity index (χ0) is 12.4. The first-order valence-electron chi connectivity index (χ1n) is 6.08. The van der Waals surface area contributed by atoms with Gasteiger partial charge in [0.2, 0.25) is 0 Å². The first kappa shape index (κ1) is 11.1. The minimum atomic E-state index is 0.800. The molecule has 0 amide bonds. The van der Waals surface area contributed by atoms with E-state index in [-0.39, 0.29) is 0 Å². The molecule has 0 atom stereocenters. The maximum absolute atomic E-state index is 4.50. The van der Waals surface area contributed by atoms with Gasteiger partial charge >= 0.3 is 0 Å². The molecule has 0 saturated carbocycles. The van der Waals surface area contributed by atoms with Crippen molar-refractivity contribution in [2.45, 2.75) is 19.9 Å². The van der Waals surface area contributed by atoms with E-state index in [1.807, 2.05) is 25.1 Å². The highest BCUT2D eigenvalue weighted by molar-refractivity contribution is 5.57. The summed E-state index contributed by atoms with van der Waals surface area (Å²) in [6.07, 6.45) is 2.72. The number of nitrogens with zero attached hydrogens (tertiary/aromatic N) is 3. The Labute approximate surface area is 106 Å². The van der Waals surface area contributed by atoms with E-state index in [1.165, 1.54) is 0 Å². The molecule has 0 aliphatic carbocycles. The van der Waals surface area contributed by atoms with Crippen LogP contribution in [0.3, 0.4) is 0 Å². The maximum atomic E-state index is 4.50. The standard InChI is InChI=1S/C13H15N5/c1-9-16-11-5-7-14-8-10(11)13(17-9)18-12-4-2-3-6-15-12/h2-4,6,14H,5,7-8H2,1H3,(H,15,16,17,18). The zero-order valence-corrected chi connectivity index (χ0v) is 10.3. The summed E-state index contributed by atoms with van der Waals surface area (Å²) < 4.78 is 0. The Bertz CT molecular complexity index is 553. The molecule has 18 heavy (non-hydrogen) atoms. The molecule has 0 saturated heterocycles. The summed E-state index contributed by atoms with van der Waals surface area (Å²) in [6, 6.07) is 5.78. The third-order valence-corrected chi connectivity index (χ3v) is 2.96. The highest BCUT2D eigenvalue weighted by Crippen LogP contribution is 2.22. The molecule has 2 aromatic heterocycles. The molecule has 1 aliphatic rings. The van der Waals surface area contributed by atoms with Crippen molar-refractivity contribution in [1.82, 2.24) is 20.3 Å². The minimum absolute atomic E-state index is 0.800. The van der Waals surface area contributed by atoms with Crippen molar-refractivity contribution >= 4 is 11.6 Å². The second kappa shape index (κ2) is 4.70. The summed E-state index contributed by atoms with van der Waals surface area (Å²) in [4.78, 5) is 13.2. The lowest BCUT2D eigenvalue weighted by Gasteiger charge is -2.19. The second-order valence-electron chi connectivity index (χ2n) is 4.31. The van der Waals surface area contributed by atoms with Gasteiger partial charge < -0.3 is 10.6 Å². The number of hydrogen-bond donors (Lipinski definition) is 2. The van der Waals surface area contributed by atoms with Crippen molar-refractivity contribution in [3.05, 3.63) is 41.5 Å². The molecule has 3 rings (SSSR count). The highest BCUT2D eigenvalue weighted by Gasteiger charge is 2.16. The average Bonchev–Trinajstić information content (AvgIpc) is 2.40. The predicted octanol–water partition coefficient (Wildman–Crippen LogP) is 1.57. The van der Waals surface area contributed by atoms with Gasteiger partial charge in [-0.05, 0) is 19.1 Å². The molecule has 5 heteroatoms. The Morgan fingerprint density at radius 1 is 1.28 bits per heavy atom. The fourth-order valence-electron chi connectivity index (χ4n) is 2.13. The number of aryl methyl sites for hydroxylation is 1. The van der Waals surface area contributed by atoms with Crippen LogP contribution in [0, 0.1) is 6.92 Å². The highest BCUT2D eigenvalue weighted by atomic mass is 15.1. The lowest BCUT2D eigenvalue weighted by atomic mass is 10.1. The van der Waals surface area contributed by atoms with Gasteiger partial charge in [-0.15, -0.1) is 0 Å². The fraction of sp³-hybridized carbons (Fsp3) is 0.308. The third kappa shape index (κ3) is 2.17. The monoisotopic (exact) mass is 241 g/mol. The Morgan fingerprint density at radius 3 is 3.06 bits per heavy atom. The second-order valence-corrected chi connectivity index (χ2v) is 4.31. The van der Waals surface area contributed by atoms with E-state index in [0.717, 1.165) is 48.2 Å². The molecule has 0 spiro atoms. The van der Waals surface area contributed by atoms with Gasteiger partial charge in [-0.3, -0.25) is 0 Å². The van der Waals surface area contributed by atoms with Crippen molar-refractivity contribution in [3.8, 4) is 0 Å². The van der Waals surface area contributed by atoms with Gasteiger partial charge in [0.25, 0.3) is 0 Å². The minimum Gasteiger partial charge on any atom is -0.325 e. The summed E-state index contributed by atoms with van der Waals surface area (Å²) in [5.74, 6) is 2.47. The van der Waals surface area contributed by atoms with E-state index in [9.17, 15) is 0 Å². The Balaban J connectivity index is 1.98. The van der Waals surface area contributed by atoms with Gasteiger partial charge in [-0.2, -0.15) is 0 Å². The molecule has 0 fully saturated rings. The first-order chi connectivity index (χ1) is 8.83. The summed E-state index contributed by atoms with van der Waals surface area (Å²) in [6.45, 7) is 3.71. The van der Waals surface area contributed by atoms with Gasteiger partial charge in [0.1, 0.15) is 17.5 Å². The molecule has 1 aliphatic heterocycles. The number of pyridine rings is 1. The van der Waals surface area contributed by atoms with Crippen molar-refractivity contribution in [2.75, 3.05) is 11.9 Å². The summed E-state index contributed by atoms with van der Waals surface area (Å²) in [5.41, 5.74) is 2.29. The van der Waals surface area contributed by atoms with Crippen LogP contribution in [0.25, 0.3) is 0 Å². The van der Waals surface area contributed by atoms with E-state index >= 15 is 0 Å². The fourth-order valence-corrected chi connectivity index (χ4v) is 2.13. The predicted molar refractivity (Wildman–Crippen MR) is 69.7 cm³/mol. The smallest absolute Gasteiger partial charge is 0.140 e. The van der Waals surface area contributed by atoms with Crippen molar-refractivity contribution in [2.24, 2.45) is 0 Å². The van der Waals surface area contributed by atoms with E-state index in [0.29, 0.717) is 0 Å². The summed E-state index contributed by atoms with van der Waals surface area (Å²) in [5, 5.41) is 6.62. The van der Waals surface area contributed by atoms with Crippen LogP contribution in [0.5, 0.6) is 0 Å². The lowest BCUT2D eigenvalue weighted by Crippen LogP contribution is -2.26. The van der Waals surface area contributed by atoms with Crippen LogP contribution in [-0.4, -0.2) is 21.5 Å². The largest absolute Gasteiger partial charge is 0.325 e. The van der Waals surface area contributed by atoms with Gasteiger partial charge in [-0.1, -0.05) is 6.07 Å². The molecule has 92 valence electrons. The van der Waals surface area contributed by atoms with Crippen LogP contribution in [0.15, 0.2) is 24.4 Å². The quantitative estimate of drug-likeness (QED) is 0.835. The normalized spacial score (nSPS) is 14.1. The van der Waals surface area contributed by atoms with Gasteiger partial charge in [-0.25, -0.2) is 15.0 Å². The lowest BCUT2D eigenvalue weighted by molar-refractivity contribution is 0.625. The van der Waals surface area contributed by atoms with Crippen LogP contribution in [0.4, 0.5) is 11.6 Å². The van der Waals surface area contributed by atoms with Crippen LogP contribution < -0.4 is 10.6 Å². The molecule has 5 nitrogen and oxygen atoms in total. The molecule has 0 bridgehead atoms. The van der Waals surface area contributed by atoms with E-state index in [1.54, 1.807) is 6.20 Å². The number of hydrogen-bond acceptors (Lipinski definition) is 5. The topological polar surface area (TPSA) is 62.7 Å². The van der Waals surface area contributed by atoms with Crippen molar-refractivity contribution in [3.63, 3.8) is 0 Å². The van der Waals surface area contributed by atoms with E-state index in [4.69, 9.17) is 0 Å². The molecule has 3 heterocycles. The molecular weight excluding hydrogens is 226 g/mol. The molecule has 2 N–H and O–H groups in total. The van der Waals surface area contributed by atoms with Crippen molar-refractivity contribution < 1.29 is 0 Å². The summed E-state index contributed by atoms with van der Waals surface area (Å²) >= 11 is 0. The third-order valence-electron chi connectivity index (χ3n) is 2.96. The van der Waals surface area contributed by atoms with Gasteiger partial charge in [0.05, 0.1) is 5.69 Å². The van der Waals surface area contributed by atoms with Gasteiger partial charge in [0.15, 0.2) is 0 Å². The summed E-state index contributed by atoms with van der Waals surface area (Å²) in [7, 11) is 0. The number of fused-ring (bicyclic) bond motifs is 1. The average molecular weight is 241 g/mol. The number of anilines is 2. The Hall–Kier alpha value is -2.01. The Kier molecular flexibility index (Phi) is 2.90. The van der Waals surface area contributed by atoms with Crippen LogP contribution in [0.2, 0.25) is 0 Å². The number of nitrogens with one attached hydrogen (secondary N) is 2. The maximum Gasteiger partial charge on any atom is 0.140 e. The van der Waals surface area contributed by atoms with Gasteiger partial charge in [0, 0.05) is 31.3 Å². The van der Waals surface area contributed by atoms with Crippen molar-refractivity contribution in [1.29, 1.82) is 0 Å². The molecule has 0 radical (unpaired) electrons. The molecule has 2 aromatic rings. The Morgan fingerprint density at radius 2 is 2.22 bits per heavy atom. The molecule has 0 aromatic carbocycles. The van der Waals surface area contributed by atoms with E-state index in [2.05, 4.69) is 25.6 Å². The van der Waals surface area contributed by atoms with Crippen LogP contribution >= 0.6 is 0 Å².